The van der Waals surface area contributed by atoms with Crippen LogP contribution >= 0.6 is 0 Å². The fourth-order valence-electron chi connectivity index (χ4n) is 3.04. The zero-order chi connectivity index (χ0) is 12.8. The third kappa shape index (κ3) is 2.44. The molecule has 3 heteroatoms. The molecule has 0 N–H and O–H groups in total. The SMILES string of the molecule is C=CCC(c1ccccn1)[N+]1(CC#N)CCCC1. The molecule has 0 radical (unpaired) electrons. The second-order valence-corrected chi connectivity index (χ2v) is 4.98. The monoisotopic (exact) mass is 242 g/mol. The Kier molecular flexibility index (Phi) is 4.11. The molecule has 0 amide bonds. The third-order valence-corrected chi connectivity index (χ3v) is 3.92. The van der Waals surface area contributed by atoms with Gasteiger partial charge in [0.2, 0.25) is 0 Å². The van der Waals surface area contributed by atoms with E-state index in [1.165, 1.54) is 12.8 Å². The lowest BCUT2D eigenvalue weighted by atomic mass is 10.0. The Morgan fingerprint density at radius 2 is 2.22 bits per heavy atom. The fraction of sp³-hybridized carbons (Fsp3) is 0.467. The molecule has 0 saturated carbocycles. The third-order valence-electron chi connectivity index (χ3n) is 3.92. The average Bonchev–Trinajstić information content (AvgIpc) is 2.87. The zero-order valence-electron chi connectivity index (χ0n) is 10.8. The molecule has 1 atom stereocenters. The summed E-state index contributed by atoms with van der Waals surface area (Å²) >= 11 is 0. The van der Waals surface area contributed by atoms with Crippen molar-refractivity contribution < 1.29 is 4.48 Å². The van der Waals surface area contributed by atoms with Crippen LogP contribution in [0, 0.1) is 11.3 Å². The second kappa shape index (κ2) is 5.79. The smallest absolute Gasteiger partial charge is 0.167 e. The summed E-state index contributed by atoms with van der Waals surface area (Å²) in [5.74, 6) is 0. The lowest BCUT2D eigenvalue weighted by molar-refractivity contribution is -0.940. The van der Waals surface area contributed by atoms with Crippen molar-refractivity contribution in [3.63, 3.8) is 0 Å². The Bertz CT molecular complexity index is 427. The van der Waals surface area contributed by atoms with E-state index in [-0.39, 0.29) is 6.04 Å². The molecule has 1 fully saturated rings. The van der Waals surface area contributed by atoms with Crippen LogP contribution in [0.1, 0.15) is 31.0 Å². The molecule has 18 heavy (non-hydrogen) atoms. The van der Waals surface area contributed by atoms with E-state index in [2.05, 4.69) is 23.7 Å². The number of nitriles is 1. The summed E-state index contributed by atoms with van der Waals surface area (Å²) in [5.41, 5.74) is 1.09. The van der Waals surface area contributed by atoms with Gasteiger partial charge in [-0.1, -0.05) is 12.1 Å². The quantitative estimate of drug-likeness (QED) is 0.452. The number of likely N-dealkylation sites (tertiary alicyclic amines) is 1. The first-order valence-electron chi connectivity index (χ1n) is 6.57. The highest BCUT2D eigenvalue weighted by molar-refractivity contribution is 5.08. The molecule has 1 aliphatic heterocycles. The summed E-state index contributed by atoms with van der Waals surface area (Å²) in [4.78, 5) is 4.50. The Hall–Kier alpha value is -1.66. The highest BCUT2D eigenvalue weighted by Crippen LogP contribution is 2.35. The lowest BCUT2D eigenvalue weighted by Crippen LogP contribution is -2.48. The predicted molar refractivity (Wildman–Crippen MR) is 71.5 cm³/mol. The maximum Gasteiger partial charge on any atom is 0.167 e. The van der Waals surface area contributed by atoms with Gasteiger partial charge in [0.05, 0.1) is 18.8 Å². The number of aromatic nitrogens is 1. The van der Waals surface area contributed by atoms with Gasteiger partial charge in [-0.25, -0.2) is 0 Å². The van der Waals surface area contributed by atoms with Crippen molar-refractivity contribution in [3.8, 4) is 6.07 Å². The van der Waals surface area contributed by atoms with Gasteiger partial charge < -0.3 is 4.48 Å². The first kappa shape index (κ1) is 12.8. The average molecular weight is 242 g/mol. The molecular weight excluding hydrogens is 222 g/mol. The molecule has 0 aromatic carbocycles. The maximum atomic E-state index is 9.14. The number of quaternary nitrogens is 1. The highest BCUT2D eigenvalue weighted by Gasteiger charge is 2.40. The molecule has 1 aromatic heterocycles. The number of pyridine rings is 1. The van der Waals surface area contributed by atoms with Crippen LogP contribution in [0.3, 0.4) is 0 Å². The summed E-state index contributed by atoms with van der Waals surface area (Å²) in [7, 11) is 0. The van der Waals surface area contributed by atoms with Crippen molar-refractivity contribution in [1.29, 1.82) is 5.26 Å². The predicted octanol–water partition coefficient (Wildman–Crippen LogP) is 2.83. The molecular formula is C15H20N3+. The lowest BCUT2D eigenvalue weighted by Gasteiger charge is -2.39. The fourth-order valence-corrected chi connectivity index (χ4v) is 3.04. The summed E-state index contributed by atoms with van der Waals surface area (Å²) in [6.45, 7) is 6.62. The van der Waals surface area contributed by atoms with Crippen LogP contribution in [0.4, 0.5) is 0 Å². The van der Waals surface area contributed by atoms with E-state index in [9.17, 15) is 0 Å². The molecule has 1 unspecified atom stereocenters. The standard InChI is InChI=1S/C15H20N3/c1-2-7-15(14-8-3-4-10-17-14)18(13-9-16)11-5-6-12-18/h2-4,8,10,15H,1,5-7,11-13H2/q+1. The Morgan fingerprint density at radius 1 is 1.44 bits per heavy atom. The van der Waals surface area contributed by atoms with E-state index >= 15 is 0 Å². The van der Waals surface area contributed by atoms with Gasteiger partial charge in [-0.3, -0.25) is 4.98 Å². The van der Waals surface area contributed by atoms with E-state index < -0.39 is 0 Å². The molecule has 1 saturated heterocycles. The van der Waals surface area contributed by atoms with Gasteiger partial charge in [-0.15, -0.1) is 6.58 Å². The van der Waals surface area contributed by atoms with Crippen LogP contribution in [-0.4, -0.2) is 29.1 Å². The van der Waals surface area contributed by atoms with Crippen LogP contribution in [0.5, 0.6) is 0 Å². The van der Waals surface area contributed by atoms with Crippen LogP contribution in [0.2, 0.25) is 0 Å². The Balaban J connectivity index is 2.34. The summed E-state index contributed by atoms with van der Waals surface area (Å²) < 4.78 is 0.861. The van der Waals surface area contributed by atoms with Crippen molar-refractivity contribution in [3.05, 3.63) is 42.7 Å². The molecule has 1 aliphatic rings. The molecule has 0 spiro atoms. The van der Waals surface area contributed by atoms with Crippen molar-refractivity contribution >= 4 is 0 Å². The molecule has 3 nitrogen and oxygen atoms in total. The van der Waals surface area contributed by atoms with Gasteiger partial charge in [-0.05, 0) is 12.1 Å². The number of hydrogen-bond acceptors (Lipinski definition) is 2. The van der Waals surface area contributed by atoms with Gasteiger partial charge in [0.1, 0.15) is 12.1 Å². The van der Waals surface area contributed by atoms with Crippen molar-refractivity contribution in [2.75, 3.05) is 19.6 Å². The molecule has 2 rings (SSSR count). The number of rotatable bonds is 5. The largest absolute Gasteiger partial charge is 0.304 e. The maximum absolute atomic E-state index is 9.14. The Labute approximate surface area is 109 Å². The minimum absolute atomic E-state index is 0.283. The van der Waals surface area contributed by atoms with Crippen molar-refractivity contribution in [2.24, 2.45) is 0 Å². The van der Waals surface area contributed by atoms with Crippen LogP contribution < -0.4 is 0 Å². The summed E-state index contributed by atoms with van der Waals surface area (Å²) in [6, 6.07) is 8.69. The first-order valence-corrected chi connectivity index (χ1v) is 6.57. The molecule has 94 valence electrons. The molecule has 2 heterocycles. The normalized spacial score (nSPS) is 19.1. The first-order chi connectivity index (χ1) is 8.82. The van der Waals surface area contributed by atoms with Gasteiger partial charge in [0.25, 0.3) is 0 Å². The van der Waals surface area contributed by atoms with E-state index in [0.29, 0.717) is 6.54 Å². The molecule has 1 aromatic rings. The summed E-state index contributed by atoms with van der Waals surface area (Å²) in [6.07, 6.45) is 7.10. The Morgan fingerprint density at radius 3 is 2.78 bits per heavy atom. The number of nitrogens with zero attached hydrogens (tertiary/aromatic N) is 3. The summed E-state index contributed by atoms with van der Waals surface area (Å²) in [5, 5.41) is 9.14. The van der Waals surface area contributed by atoms with Crippen LogP contribution in [0.25, 0.3) is 0 Å². The van der Waals surface area contributed by atoms with E-state index in [0.717, 1.165) is 29.7 Å². The second-order valence-electron chi connectivity index (χ2n) is 4.98. The topological polar surface area (TPSA) is 36.7 Å². The van der Waals surface area contributed by atoms with Gasteiger partial charge in [-0.2, -0.15) is 5.26 Å². The minimum atomic E-state index is 0.283. The van der Waals surface area contributed by atoms with Gasteiger partial charge in [0, 0.05) is 25.5 Å². The van der Waals surface area contributed by atoms with Crippen LogP contribution in [0.15, 0.2) is 37.1 Å². The van der Waals surface area contributed by atoms with E-state index in [1.807, 2.05) is 24.4 Å². The van der Waals surface area contributed by atoms with Crippen molar-refractivity contribution in [2.45, 2.75) is 25.3 Å². The van der Waals surface area contributed by atoms with Crippen LogP contribution in [-0.2, 0) is 0 Å². The molecule has 0 aliphatic carbocycles. The van der Waals surface area contributed by atoms with E-state index in [4.69, 9.17) is 5.26 Å². The molecule has 0 bridgehead atoms. The van der Waals surface area contributed by atoms with Crippen molar-refractivity contribution in [1.82, 2.24) is 4.98 Å². The zero-order valence-corrected chi connectivity index (χ0v) is 10.8. The van der Waals surface area contributed by atoms with Gasteiger partial charge >= 0.3 is 0 Å². The van der Waals surface area contributed by atoms with Gasteiger partial charge in [0.15, 0.2) is 6.54 Å². The number of hydrogen-bond donors (Lipinski definition) is 0. The van der Waals surface area contributed by atoms with E-state index in [1.54, 1.807) is 0 Å². The minimum Gasteiger partial charge on any atom is -0.304 e. The highest BCUT2D eigenvalue weighted by atomic mass is 15.4.